The maximum absolute atomic E-state index is 12.7. The molecule has 3 atom stereocenters. The molecule has 0 aliphatic carbocycles. The van der Waals surface area contributed by atoms with Crippen molar-refractivity contribution in [1.29, 1.82) is 0 Å². The van der Waals surface area contributed by atoms with E-state index in [1.807, 2.05) is 0 Å². The van der Waals surface area contributed by atoms with Gasteiger partial charge in [0.15, 0.2) is 6.10 Å². The summed E-state index contributed by atoms with van der Waals surface area (Å²) in [5.74, 6) is -2.36. The van der Waals surface area contributed by atoms with Crippen LogP contribution in [0.4, 0.5) is 0 Å². The highest BCUT2D eigenvalue weighted by Crippen LogP contribution is 2.43. The highest BCUT2D eigenvalue weighted by atomic mass is 31.2. The monoisotopic (exact) mass is 874 g/mol. The number of carbonyl (C=O) groups excluding carboxylic acids is 2. The summed E-state index contributed by atoms with van der Waals surface area (Å²) in [6.07, 6.45) is 45.5. The van der Waals surface area contributed by atoms with Gasteiger partial charge in [-0.05, 0) is 38.5 Å². The van der Waals surface area contributed by atoms with E-state index < -0.39 is 51.1 Å². The molecule has 0 saturated carbocycles. The molecule has 0 rings (SSSR count). The lowest BCUT2D eigenvalue weighted by Gasteiger charge is -2.20. The van der Waals surface area contributed by atoms with Crippen molar-refractivity contribution in [3.8, 4) is 0 Å². The van der Waals surface area contributed by atoms with E-state index in [2.05, 4.69) is 30.5 Å². The van der Waals surface area contributed by atoms with Gasteiger partial charge in [0.05, 0.1) is 13.2 Å². The largest absolute Gasteiger partial charge is 0.480 e. The molecule has 0 aromatic carbocycles. The molecular formula is C48H92NO10P. The Hall–Kier alpha value is -1.78. The van der Waals surface area contributed by atoms with Crippen LogP contribution in [0.3, 0.4) is 0 Å². The summed E-state index contributed by atoms with van der Waals surface area (Å²) >= 11 is 0. The molecule has 0 aliphatic heterocycles. The summed E-state index contributed by atoms with van der Waals surface area (Å²) in [5.41, 5.74) is 5.35. The fourth-order valence-electron chi connectivity index (χ4n) is 7.12. The summed E-state index contributed by atoms with van der Waals surface area (Å²) in [5, 5.41) is 8.91. The normalized spacial score (nSPS) is 13.7. The third-order valence-corrected chi connectivity index (χ3v) is 12.0. The molecule has 4 N–H and O–H groups in total. The van der Waals surface area contributed by atoms with Crippen LogP contribution < -0.4 is 5.73 Å². The fourth-order valence-corrected chi connectivity index (χ4v) is 7.90. The molecule has 3 unspecified atom stereocenters. The topological polar surface area (TPSA) is 172 Å². The number of carbonyl (C=O) groups is 3. The number of carboxylic acids is 1. The van der Waals surface area contributed by atoms with E-state index in [0.717, 1.165) is 44.9 Å². The van der Waals surface area contributed by atoms with Gasteiger partial charge in [-0.2, -0.15) is 0 Å². The highest BCUT2D eigenvalue weighted by molar-refractivity contribution is 7.47. The smallest absolute Gasteiger partial charge is 0.472 e. The zero-order valence-corrected chi connectivity index (χ0v) is 39.5. The number of unbranched alkanes of at least 4 members (excludes halogenated alkanes) is 31. The number of rotatable bonds is 47. The first kappa shape index (κ1) is 58.2. The van der Waals surface area contributed by atoms with Gasteiger partial charge in [0, 0.05) is 12.8 Å². The standard InChI is InChI=1S/C48H92NO10P/c1-3-5-7-9-11-13-15-17-19-21-23-25-27-29-31-33-35-37-39-46(50)56-41-44(42-57-60(54,55)58-43-45(49)48(52)53)59-47(51)40-38-36-34-32-30-28-26-24-22-20-18-16-14-12-10-8-6-4-2/h20,22,44-45H,3-19,21,23-43,49H2,1-2H3,(H,52,53)(H,54,55)/b22-20-. The Labute approximate surface area is 367 Å². The molecule has 0 aromatic heterocycles. The molecule has 0 aliphatic rings. The van der Waals surface area contributed by atoms with E-state index in [1.54, 1.807) is 0 Å². The predicted octanol–water partition coefficient (Wildman–Crippen LogP) is 13.6. The van der Waals surface area contributed by atoms with Crippen molar-refractivity contribution in [3.63, 3.8) is 0 Å². The third-order valence-electron chi connectivity index (χ3n) is 11.0. The molecule has 60 heavy (non-hydrogen) atoms. The summed E-state index contributed by atoms with van der Waals surface area (Å²) in [4.78, 5) is 46.1. The molecule has 354 valence electrons. The summed E-state index contributed by atoms with van der Waals surface area (Å²) in [6.45, 7) is 2.84. The Morgan fingerprint density at radius 2 is 0.833 bits per heavy atom. The first-order valence-electron chi connectivity index (χ1n) is 24.7. The summed E-state index contributed by atoms with van der Waals surface area (Å²) in [7, 11) is -4.72. The van der Waals surface area contributed by atoms with Crippen LogP contribution in [0.15, 0.2) is 12.2 Å². The molecule has 0 amide bonds. The Kier molecular flexibility index (Phi) is 42.6. The lowest BCUT2D eigenvalue weighted by atomic mass is 10.0. The molecule has 0 bridgehead atoms. The number of aliphatic carboxylic acids is 1. The van der Waals surface area contributed by atoms with Gasteiger partial charge < -0.3 is 25.2 Å². The van der Waals surface area contributed by atoms with E-state index >= 15 is 0 Å². The molecule has 0 heterocycles. The second-order valence-electron chi connectivity index (χ2n) is 17.0. The number of nitrogens with two attached hydrogens (primary N) is 1. The quantitative estimate of drug-likeness (QED) is 0.0230. The van der Waals surface area contributed by atoms with Crippen molar-refractivity contribution in [1.82, 2.24) is 0 Å². The van der Waals surface area contributed by atoms with Gasteiger partial charge in [-0.1, -0.05) is 206 Å². The lowest BCUT2D eigenvalue weighted by Crippen LogP contribution is -2.34. The van der Waals surface area contributed by atoms with Crippen LogP contribution in [0.1, 0.15) is 245 Å². The number of hydrogen-bond donors (Lipinski definition) is 3. The zero-order chi connectivity index (χ0) is 44.2. The van der Waals surface area contributed by atoms with Crippen LogP contribution in [0.5, 0.6) is 0 Å². The molecular weight excluding hydrogens is 781 g/mol. The van der Waals surface area contributed by atoms with E-state index in [-0.39, 0.29) is 19.4 Å². The Balaban J connectivity index is 4.25. The molecule has 0 radical (unpaired) electrons. The predicted molar refractivity (Wildman–Crippen MR) is 245 cm³/mol. The minimum absolute atomic E-state index is 0.161. The van der Waals surface area contributed by atoms with Gasteiger partial charge in [-0.15, -0.1) is 0 Å². The molecule has 12 heteroatoms. The highest BCUT2D eigenvalue weighted by Gasteiger charge is 2.28. The number of carboxylic acid groups (broad SMARTS) is 1. The van der Waals surface area contributed by atoms with Crippen molar-refractivity contribution in [2.24, 2.45) is 5.73 Å². The SMILES string of the molecule is CCCCCCCCC/C=C\CCCCCCCCCC(=O)OC(COC(=O)CCCCCCCCCCCCCCCCCCCC)COP(=O)(O)OCC(N)C(=O)O. The molecule has 0 aromatic rings. The molecule has 0 saturated heterocycles. The van der Waals surface area contributed by atoms with E-state index in [1.165, 1.54) is 161 Å². The summed E-state index contributed by atoms with van der Waals surface area (Å²) < 4.78 is 32.8. The van der Waals surface area contributed by atoms with Crippen LogP contribution in [0, 0.1) is 0 Å². The average molecular weight is 874 g/mol. The minimum Gasteiger partial charge on any atom is -0.480 e. The van der Waals surface area contributed by atoms with Crippen LogP contribution in [0.25, 0.3) is 0 Å². The molecule has 11 nitrogen and oxygen atoms in total. The maximum Gasteiger partial charge on any atom is 0.472 e. The molecule has 0 fully saturated rings. The summed E-state index contributed by atoms with van der Waals surface area (Å²) in [6, 6.07) is -1.52. The van der Waals surface area contributed by atoms with Crippen molar-refractivity contribution in [2.75, 3.05) is 19.8 Å². The van der Waals surface area contributed by atoms with Crippen molar-refractivity contribution >= 4 is 25.7 Å². The van der Waals surface area contributed by atoms with E-state index in [0.29, 0.717) is 12.8 Å². The van der Waals surface area contributed by atoms with E-state index in [9.17, 15) is 23.8 Å². The Bertz CT molecular complexity index is 1070. The maximum atomic E-state index is 12.7. The van der Waals surface area contributed by atoms with Crippen LogP contribution in [0.2, 0.25) is 0 Å². The number of phosphoric ester groups is 1. The number of phosphoric acid groups is 1. The van der Waals surface area contributed by atoms with Crippen molar-refractivity contribution < 1.29 is 47.5 Å². The lowest BCUT2D eigenvalue weighted by molar-refractivity contribution is -0.161. The second-order valence-corrected chi connectivity index (χ2v) is 18.4. The van der Waals surface area contributed by atoms with Gasteiger partial charge in [0.2, 0.25) is 0 Å². The van der Waals surface area contributed by atoms with Gasteiger partial charge in [0.1, 0.15) is 12.6 Å². The minimum atomic E-state index is -4.72. The third kappa shape index (κ3) is 42.9. The van der Waals surface area contributed by atoms with Gasteiger partial charge in [-0.3, -0.25) is 23.4 Å². The van der Waals surface area contributed by atoms with Crippen molar-refractivity contribution in [2.45, 2.75) is 257 Å². The number of hydrogen-bond acceptors (Lipinski definition) is 9. The number of esters is 2. The first-order chi connectivity index (χ1) is 29.1. The molecule has 0 spiro atoms. The Morgan fingerprint density at radius 1 is 0.500 bits per heavy atom. The van der Waals surface area contributed by atoms with E-state index in [4.69, 9.17) is 24.8 Å². The number of allylic oxidation sites excluding steroid dienone is 2. The zero-order valence-electron chi connectivity index (χ0n) is 38.6. The van der Waals surface area contributed by atoms with Crippen LogP contribution >= 0.6 is 7.82 Å². The van der Waals surface area contributed by atoms with Gasteiger partial charge >= 0.3 is 25.7 Å². The van der Waals surface area contributed by atoms with Gasteiger partial charge in [-0.25, -0.2) is 4.57 Å². The van der Waals surface area contributed by atoms with Gasteiger partial charge in [0.25, 0.3) is 0 Å². The van der Waals surface area contributed by atoms with Crippen LogP contribution in [-0.2, 0) is 37.5 Å². The Morgan fingerprint density at radius 3 is 1.22 bits per heavy atom. The van der Waals surface area contributed by atoms with Crippen LogP contribution in [-0.4, -0.2) is 59.9 Å². The first-order valence-corrected chi connectivity index (χ1v) is 26.2. The fraction of sp³-hybridized carbons (Fsp3) is 0.896. The second kappa shape index (κ2) is 43.9. The number of ether oxygens (including phenoxy) is 2. The van der Waals surface area contributed by atoms with Crippen molar-refractivity contribution in [3.05, 3.63) is 12.2 Å². The average Bonchev–Trinajstić information content (AvgIpc) is 3.22.